The third-order valence-corrected chi connectivity index (χ3v) is 17.7. The quantitative estimate of drug-likeness (QED) is 0.0197. The number of carboxylic acid groups (broad SMARTS) is 4. The summed E-state index contributed by atoms with van der Waals surface area (Å²) >= 11 is 0. The van der Waals surface area contributed by atoms with Gasteiger partial charge in [-0.05, 0) is 73.1 Å². The van der Waals surface area contributed by atoms with E-state index in [1.54, 1.807) is 121 Å². The van der Waals surface area contributed by atoms with E-state index in [1.165, 1.54) is 20.8 Å². The Morgan fingerprint density at radius 1 is 0.363 bits per heavy atom. The number of carbonyl (C=O) groups is 14. The van der Waals surface area contributed by atoms with E-state index < -0.39 is 168 Å². The second kappa shape index (κ2) is 51.7. The minimum atomic E-state index is -1.97. The van der Waals surface area contributed by atoms with Crippen molar-refractivity contribution < 1.29 is 135 Å². The Balaban J connectivity index is 0.000000763. The number of nitrogens with two attached hydrogens (primary N) is 6. The molecule has 626 valence electrons. The fourth-order valence-corrected chi connectivity index (χ4v) is 8.92. The summed E-state index contributed by atoms with van der Waals surface area (Å²) in [4.78, 5) is 167. The molecular formula is C79H112N6O28. The lowest BCUT2D eigenvalue weighted by Gasteiger charge is -2.30. The fourth-order valence-electron chi connectivity index (χ4n) is 8.92. The molecule has 4 aromatic carbocycles. The van der Waals surface area contributed by atoms with Crippen molar-refractivity contribution in [2.75, 3.05) is 13.2 Å². The first kappa shape index (κ1) is 100. The lowest BCUT2D eigenvalue weighted by molar-refractivity contribution is -0.184. The molecule has 0 radical (unpaired) electrons. The zero-order valence-electron chi connectivity index (χ0n) is 65.9. The number of benzene rings is 4. The Morgan fingerprint density at radius 3 is 0.938 bits per heavy atom. The Morgan fingerprint density at radius 2 is 0.646 bits per heavy atom. The molecular weight excluding hydrogens is 1480 g/mol. The average Bonchev–Trinajstić information content (AvgIpc) is 0.817. The van der Waals surface area contributed by atoms with E-state index >= 15 is 0 Å². The third kappa shape index (κ3) is 36.9. The van der Waals surface area contributed by atoms with E-state index in [-0.39, 0.29) is 82.6 Å². The molecule has 0 saturated heterocycles. The SMILES string of the molecule is CC(C)(C(=O)OCc1ccccc1)[C@H](N)C(=O)OCCC(=O)O.CC(C)[C@H](N)C(=O)OC(CC(=O)OCc1ccccc1)C(OC(=O)[C@@H](N)C(C)C)C(=O)O.CC[C@@](C)(C(=O)OCc1ccccc1)[C@H](N)C(=O)OCCC(=O)O.CC[C@H](C)[C@H](N)C(=O)OC(CC(=O)OCc1ccccc1)C(OC(=O)[C@@H](N)[C@@H](C)CC)C(=O)O. The second-order valence-corrected chi connectivity index (χ2v) is 27.6. The predicted molar refractivity (Wildman–Crippen MR) is 404 cm³/mol. The largest absolute Gasteiger partial charge is 0.481 e. The molecule has 113 heavy (non-hydrogen) atoms. The summed E-state index contributed by atoms with van der Waals surface area (Å²) in [7, 11) is 0. The first-order valence-corrected chi connectivity index (χ1v) is 36.4. The van der Waals surface area contributed by atoms with Crippen LogP contribution in [0.3, 0.4) is 0 Å². The zero-order chi connectivity index (χ0) is 85.9. The smallest absolute Gasteiger partial charge is 0.349 e. The van der Waals surface area contributed by atoms with Gasteiger partial charge in [0.05, 0.1) is 36.5 Å². The number of esters is 10. The standard InChI is InChI=1S/C24H36N2O8.C22H32N2O8.C17H23NO6.C16H21NO6/c1-5-14(3)19(25)23(30)33-17(12-18(27)32-13-16-10-8-7-9-11-16)21(22(28)29)34-24(31)20(26)15(4)6-2;1-12(2)17(23)21(28)31-15(10-16(25)30-11-14-8-6-5-7-9-14)19(20(26)27)32-22(29)18(24)13(3)4;1-3-17(2,14(18)15(21)23-10-9-13(19)20)16(22)24-11-12-7-5-4-6-8-12;1-16(2,13(17)14(20)22-9-8-12(18)19)15(21)23-10-11-6-4-3-5-7-11/h7-11,14-15,17,19-21H,5-6,12-13,25-26H2,1-4H3,(H,28,29);5-9,12-13,15,17-19H,10-11,23-24H2,1-4H3,(H,26,27);4-8,14H,3,9-11,18H2,1-2H3,(H,19,20);3-7,13H,8-10,17H2,1-2H3,(H,18,19)/t14-,15-,17?,19-,20-,21?;15?,17-,18-,19?;14-,17-;13-/m0011/s1. The summed E-state index contributed by atoms with van der Waals surface area (Å²) in [6.45, 7) is 19.4. The van der Waals surface area contributed by atoms with Crippen LogP contribution in [0, 0.1) is 34.5 Å². The Bertz CT molecular complexity index is 3660. The van der Waals surface area contributed by atoms with Gasteiger partial charge in [0.25, 0.3) is 0 Å². The molecule has 4 rings (SSSR count). The Kier molecular flexibility index (Phi) is 45.9. The molecule has 0 amide bonds. The van der Waals surface area contributed by atoms with Gasteiger partial charge in [-0.15, -0.1) is 0 Å². The van der Waals surface area contributed by atoms with E-state index in [0.717, 1.165) is 11.1 Å². The molecule has 0 saturated carbocycles. The molecule has 34 heteroatoms. The van der Waals surface area contributed by atoms with Crippen LogP contribution < -0.4 is 34.4 Å². The number of carbonyl (C=O) groups excluding carboxylic acids is 10. The van der Waals surface area contributed by atoms with Crippen molar-refractivity contribution in [3.05, 3.63) is 144 Å². The normalized spacial score (nSPS) is 14.7. The van der Waals surface area contributed by atoms with Crippen molar-refractivity contribution in [1.29, 1.82) is 0 Å². The maximum Gasteiger partial charge on any atom is 0.349 e. The molecule has 0 spiro atoms. The van der Waals surface area contributed by atoms with Crippen LogP contribution in [0.4, 0.5) is 0 Å². The highest BCUT2D eigenvalue weighted by atomic mass is 16.6. The summed E-state index contributed by atoms with van der Waals surface area (Å²) in [5, 5.41) is 36.3. The van der Waals surface area contributed by atoms with Gasteiger partial charge in [-0.2, -0.15) is 0 Å². The minimum Gasteiger partial charge on any atom is -0.481 e. The molecule has 0 aliphatic heterocycles. The van der Waals surface area contributed by atoms with Crippen LogP contribution in [-0.4, -0.2) is 178 Å². The van der Waals surface area contributed by atoms with E-state index in [2.05, 4.69) is 0 Å². The van der Waals surface area contributed by atoms with Crippen molar-refractivity contribution in [3.8, 4) is 0 Å². The Labute approximate surface area is 656 Å². The van der Waals surface area contributed by atoms with Crippen LogP contribution in [-0.2, 0) is 141 Å². The van der Waals surface area contributed by atoms with Crippen LogP contribution in [0.2, 0.25) is 0 Å². The monoisotopic (exact) mass is 1590 g/mol. The van der Waals surface area contributed by atoms with Gasteiger partial charge in [-0.1, -0.05) is 196 Å². The van der Waals surface area contributed by atoms with E-state index in [0.29, 0.717) is 24.0 Å². The van der Waals surface area contributed by atoms with Gasteiger partial charge in [0.15, 0.2) is 12.2 Å². The van der Waals surface area contributed by atoms with Gasteiger partial charge in [0, 0.05) is 0 Å². The van der Waals surface area contributed by atoms with Crippen molar-refractivity contribution in [2.24, 2.45) is 68.9 Å². The average molecular weight is 1590 g/mol. The molecule has 34 nitrogen and oxygen atoms in total. The number of hydrogen-bond donors (Lipinski definition) is 10. The first-order chi connectivity index (χ1) is 53.0. The number of hydrogen-bond acceptors (Lipinski definition) is 30. The molecule has 16 N–H and O–H groups in total. The van der Waals surface area contributed by atoms with E-state index in [9.17, 15) is 77.3 Å². The topological polar surface area (TPSA) is 568 Å². The molecule has 0 fully saturated rings. The van der Waals surface area contributed by atoms with Crippen LogP contribution in [0.25, 0.3) is 0 Å². The minimum absolute atomic E-state index is 0.0663. The number of carboxylic acids is 4. The van der Waals surface area contributed by atoms with Gasteiger partial charge < -0.3 is 102 Å². The fraction of sp³-hybridized carbons (Fsp3) is 0.519. The first-order valence-electron chi connectivity index (χ1n) is 36.4. The van der Waals surface area contributed by atoms with Crippen LogP contribution >= 0.6 is 0 Å². The van der Waals surface area contributed by atoms with Crippen LogP contribution in [0.1, 0.15) is 150 Å². The second-order valence-electron chi connectivity index (χ2n) is 27.6. The number of ether oxygens (including phenoxy) is 10. The highest BCUT2D eigenvalue weighted by Crippen LogP contribution is 2.29. The maximum absolute atomic E-state index is 12.6. The number of rotatable bonds is 43. The molecule has 0 aliphatic rings. The van der Waals surface area contributed by atoms with Crippen molar-refractivity contribution in [3.63, 3.8) is 0 Å². The molecule has 13 atom stereocenters. The van der Waals surface area contributed by atoms with Crippen LogP contribution in [0.5, 0.6) is 0 Å². The highest BCUT2D eigenvalue weighted by molar-refractivity contribution is 5.89. The molecule has 0 aromatic heterocycles. The molecule has 0 bridgehead atoms. The van der Waals surface area contributed by atoms with Gasteiger partial charge in [-0.25, -0.2) is 9.59 Å². The highest BCUT2D eigenvalue weighted by Gasteiger charge is 2.46. The summed E-state index contributed by atoms with van der Waals surface area (Å²) in [6, 6.07) is 29.1. The lowest BCUT2D eigenvalue weighted by Crippen LogP contribution is -2.51. The van der Waals surface area contributed by atoms with E-state index in [4.69, 9.17) is 92.0 Å². The lowest BCUT2D eigenvalue weighted by atomic mass is 9.80. The van der Waals surface area contributed by atoms with Crippen molar-refractivity contribution in [2.45, 2.75) is 215 Å². The molecule has 0 heterocycles. The summed E-state index contributed by atoms with van der Waals surface area (Å²) in [5.74, 6) is -15.0. The zero-order valence-corrected chi connectivity index (χ0v) is 65.9. The maximum atomic E-state index is 12.6. The van der Waals surface area contributed by atoms with E-state index in [1.807, 2.05) is 62.4 Å². The molecule has 0 aliphatic carbocycles. The van der Waals surface area contributed by atoms with Gasteiger partial charge in [-0.3, -0.25) is 57.5 Å². The van der Waals surface area contributed by atoms with Crippen molar-refractivity contribution in [1.82, 2.24) is 0 Å². The van der Waals surface area contributed by atoms with Gasteiger partial charge in [0.2, 0.25) is 12.2 Å². The van der Waals surface area contributed by atoms with Gasteiger partial charge >= 0.3 is 83.6 Å². The number of aliphatic carboxylic acids is 4. The van der Waals surface area contributed by atoms with Gasteiger partial charge in [0.1, 0.15) is 75.9 Å². The van der Waals surface area contributed by atoms with Crippen molar-refractivity contribution >= 4 is 83.6 Å². The Hall–Kier alpha value is -10.8. The molecule has 4 aromatic rings. The summed E-state index contributed by atoms with van der Waals surface area (Å²) in [6.07, 6.45) is -7.82. The third-order valence-electron chi connectivity index (χ3n) is 17.7. The molecule has 4 unspecified atom stereocenters. The van der Waals surface area contributed by atoms with Crippen LogP contribution in [0.15, 0.2) is 121 Å². The summed E-state index contributed by atoms with van der Waals surface area (Å²) in [5.41, 5.74) is 35.4. The summed E-state index contributed by atoms with van der Waals surface area (Å²) < 4.78 is 51.0. The predicted octanol–water partition coefficient (Wildman–Crippen LogP) is 5.36.